The van der Waals surface area contributed by atoms with E-state index in [2.05, 4.69) is 5.32 Å². The maximum atomic E-state index is 13.5. The van der Waals surface area contributed by atoms with E-state index < -0.39 is 28.5 Å². The Balaban J connectivity index is 2.45. The summed E-state index contributed by atoms with van der Waals surface area (Å²) in [4.78, 5) is 27.6. The van der Waals surface area contributed by atoms with Gasteiger partial charge in [0.15, 0.2) is 0 Å². The lowest BCUT2D eigenvalue weighted by Crippen LogP contribution is -2.52. The van der Waals surface area contributed by atoms with Crippen LogP contribution in [0.4, 0.5) is 5.69 Å². The molecule has 33 heavy (non-hydrogen) atoms. The molecule has 0 fully saturated rings. The largest absolute Gasteiger partial charge is 0.352 e. The predicted molar refractivity (Wildman–Crippen MR) is 133 cm³/mol. The van der Waals surface area contributed by atoms with E-state index in [0.717, 1.165) is 21.7 Å². The highest BCUT2D eigenvalue weighted by molar-refractivity contribution is 7.92. The number of carbonyl (C=O) groups excluding carboxylic acids is 2. The van der Waals surface area contributed by atoms with E-state index in [0.29, 0.717) is 16.3 Å². The SMILES string of the molecule is Cc1ccc(C)c(N(CC(=O)N(Cc2ccccc2Cl)C(C)C(=O)NC(C)C)S(C)(=O)=O)c1. The average Bonchev–Trinajstić information content (AvgIpc) is 2.71. The maximum absolute atomic E-state index is 13.5. The normalized spacial score (nSPS) is 12.4. The highest BCUT2D eigenvalue weighted by Crippen LogP contribution is 2.25. The van der Waals surface area contributed by atoms with Crippen molar-refractivity contribution in [2.45, 2.75) is 53.2 Å². The number of rotatable bonds is 9. The third-order valence-electron chi connectivity index (χ3n) is 5.21. The monoisotopic (exact) mass is 493 g/mol. The number of halogens is 1. The van der Waals surface area contributed by atoms with Crippen LogP contribution < -0.4 is 9.62 Å². The molecule has 9 heteroatoms. The second kappa shape index (κ2) is 11.0. The van der Waals surface area contributed by atoms with Crippen molar-refractivity contribution < 1.29 is 18.0 Å². The van der Waals surface area contributed by atoms with Crippen LogP contribution in [-0.2, 0) is 26.2 Å². The lowest BCUT2D eigenvalue weighted by Gasteiger charge is -2.32. The van der Waals surface area contributed by atoms with E-state index >= 15 is 0 Å². The Kier molecular flexibility index (Phi) is 8.91. The number of hydrogen-bond acceptors (Lipinski definition) is 4. The summed E-state index contributed by atoms with van der Waals surface area (Å²) in [5.74, 6) is -0.837. The van der Waals surface area contributed by atoms with Gasteiger partial charge >= 0.3 is 0 Å². The first-order chi connectivity index (χ1) is 15.3. The molecule has 1 atom stereocenters. The quantitative estimate of drug-likeness (QED) is 0.577. The van der Waals surface area contributed by atoms with Crippen molar-refractivity contribution in [3.8, 4) is 0 Å². The number of carbonyl (C=O) groups is 2. The molecule has 2 aromatic rings. The smallest absolute Gasteiger partial charge is 0.244 e. The average molecular weight is 494 g/mol. The van der Waals surface area contributed by atoms with Crippen molar-refractivity contribution in [3.05, 3.63) is 64.2 Å². The lowest BCUT2D eigenvalue weighted by molar-refractivity contribution is -0.139. The summed E-state index contributed by atoms with van der Waals surface area (Å²) in [5.41, 5.74) is 2.69. The Bertz CT molecular complexity index is 1120. The Morgan fingerprint density at radius 1 is 1.06 bits per heavy atom. The van der Waals surface area contributed by atoms with Gasteiger partial charge in [-0.2, -0.15) is 0 Å². The number of amides is 2. The van der Waals surface area contributed by atoms with E-state index in [-0.39, 0.29) is 18.5 Å². The minimum absolute atomic E-state index is 0.0651. The van der Waals surface area contributed by atoms with Crippen LogP contribution >= 0.6 is 11.6 Å². The molecule has 0 bridgehead atoms. The van der Waals surface area contributed by atoms with Gasteiger partial charge in [-0.3, -0.25) is 13.9 Å². The molecule has 0 saturated carbocycles. The molecule has 0 spiro atoms. The van der Waals surface area contributed by atoms with Crippen molar-refractivity contribution in [2.24, 2.45) is 0 Å². The summed E-state index contributed by atoms with van der Waals surface area (Å²) in [6, 6.07) is 11.5. The van der Waals surface area contributed by atoms with E-state index in [1.54, 1.807) is 44.2 Å². The molecule has 0 radical (unpaired) electrons. The van der Waals surface area contributed by atoms with Gasteiger partial charge in [0.1, 0.15) is 12.6 Å². The van der Waals surface area contributed by atoms with Crippen LogP contribution in [0.1, 0.15) is 37.5 Å². The summed E-state index contributed by atoms with van der Waals surface area (Å²) in [7, 11) is -3.77. The molecule has 1 N–H and O–H groups in total. The zero-order chi connectivity index (χ0) is 24.9. The summed E-state index contributed by atoms with van der Waals surface area (Å²) >= 11 is 6.31. The molecule has 2 rings (SSSR count). The predicted octanol–water partition coefficient (Wildman–Crippen LogP) is 3.66. The van der Waals surface area contributed by atoms with Crippen molar-refractivity contribution in [1.82, 2.24) is 10.2 Å². The van der Waals surface area contributed by atoms with Crippen LogP contribution in [-0.4, -0.2) is 50.0 Å². The van der Waals surface area contributed by atoms with Gasteiger partial charge in [-0.1, -0.05) is 41.9 Å². The first-order valence-corrected chi connectivity index (χ1v) is 12.9. The Morgan fingerprint density at radius 2 is 1.70 bits per heavy atom. The van der Waals surface area contributed by atoms with Crippen LogP contribution in [0.2, 0.25) is 5.02 Å². The van der Waals surface area contributed by atoms with E-state index in [1.165, 1.54) is 4.90 Å². The van der Waals surface area contributed by atoms with Gasteiger partial charge in [0, 0.05) is 17.6 Å². The zero-order valence-electron chi connectivity index (χ0n) is 19.9. The van der Waals surface area contributed by atoms with Gasteiger partial charge in [-0.05, 0) is 63.4 Å². The van der Waals surface area contributed by atoms with E-state index in [9.17, 15) is 18.0 Å². The molecule has 0 aliphatic heterocycles. The van der Waals surface area contributed by atoms with E-state index in [1.807, 2.05) is 32.9 Å². The second-order valence-corrected chi connectivity index (χ2v) is 10.8. The third-order valence-corrected chi connectivity index (χ3v) is 6.70. The molecule has 0 aliphatic rings. The zero-order valence-corrected chi connectivity index (χ0v) is 21.5. The first-order valence-electron chi connectivity index (χ1n) is 10.7. The molecule has 7 nitrogen and oxygen atoms in total. The topological polar surface area (TPSA) is 86.8 Å². The van der Waals surface area contributed by atoms with Gasteiger partial charge < -0.3 is 10.2 Å². The number of anilines is 1. The first kappa shape index (κ1) is 26.7. The fourth-order valence-corrected chi connectivity index (χ4v) is 4.48. The highest BCUT2D eigenvalue weighted by Gasteiger charge is 2.31. The molecule has 2 aromatic carbocycles. The molecular formula is C24H32ClN3O4S. The molecule has 0 saturated heterocycles. The highest BCUT2D eigenvalue weighted by atomic mass is 35.5. The van der Waals surface area contributed by atoms with Crippen LogP contribution in [0, 0.1) is 13.8 Å². The number of nitrogens with zero attached hydrogens (tertiary/aromatic N) is 2. The molecule has 1 unspecified atom stereocenters. The number of sulfonamides is 1. The number of nitrogens with one attached hydrogen (secondary N) is 1. The minimum Gasteiger partial charge on any atom is -0.352 e. The van der Waals surface area contributed by atoms with Crippen molar-refractivity contribution in [3.63, 3.8) is 0 Å². The second-order valence-electron chi connectivity index (χ2n) is 8.51. The Hall–Kier alpha value is -2.58. The van der Waals surface area contributed by atoms with Crippen LogP contribution in [0.15, 0.2) is 42.5 Å². The molecular weight excluding hydrogens is 462 g/mol. The van der Waals surface area contributed by atoms with Gasteiger partial charge in [0.2, 0.25) is 21.8 Å². The molecule has 180 valence electrons. The fraction of sp³-hybridized carbons (Fsp3) is 0.417. The third kappa shape index (κ3) is 7.20. The number of aryl methyl sites for hydroxylation is 2. The Morgan fingerprint density at radius 3 is 2.27 bits per heavy atom. The van der Waals surface area contributed by atoms with Crippen molar-refractivity contribution >= 4 is 39.1 Å². The van der Waals surface area contributed by atoms with Gasteiger partial charge in [0.05, 0.1) is 11.9 Å². The van der Waals surface area contributed by atoms with Gasteiger partial charge in [-0.25, -0.2) is 8.42 Å². The number of benzene rings is 2. The molecule has 0 aromatic heterocycles. The standard InChI is InChI=1S/C24H32ClN3O4S/c1-16(2)26-24(30)19(5)27(14-20-9-7-8-10-21(20)25)23(29)15-28(33(6,31)32)22-13-17(3)11-12-18(22)4/h7-13,16,19H,14-15H2,1-6H3,(H,26,30). The minimum atomic E-state index is -3.77. The summed E-state index contributed by atoms with van der Waals surface area (Å²) in [5, 5.41) is 3.27. The van der Waals surface area contributed by atoms with Crippen molar-refractivity contribution in [2.75, 3.05) is 17.1 Å². The summed E-state index contributed by atoms with van der Waals surface area (Å²) < 4.78 is 26.4. The molecule has 0 aliphatic carbocycles. The summed E-state index contributed by atoms with van der Waals surface area (Å²) in [6.45, 7) is 8.55. The van der Waals surface area contributed by atoms with Crippen LogP contribution in [0.5, 0.6) is 0 Å². The maximum Gasteiger partial charge on any atom is 0.244 e. The van der Waals surface area contributed by atoms with Gasteiger partial charge in [-0.15, -0.1) is 0 Å². The van der Waals surface area contributed by atoms with Gasteiger partial charge in [0.25, 0.3) is 0 Å². The van der Waals surface area contributed by atoms with E-state index in [4.69, 9.17) is 11.6 Å². The number of hydrogen-bond donors (Lipinski definition) is 1. The van der Waals surface area contributed by atoms with Crippen LogP contribution in [0.25, 0.3) is 0 Å². The van der Waals surface area contributed by atoms with Crippen molar-refractivity contribution in [1.29, 1.82) is 0 Å². The Labute approximate surface area is 201 Å². The van der Waals surface area contributed by atoms with Crippen LogP contribution in [0.3, 0.4) is 0 Å². The fourth-order valence-electron chi connectivity index (χ4n) is 3.38. The molecule has 0 heterocycles. The molecule has 2 amide bonds. The lowest BCUT2D eigenvalue weighted by atomic mass is 10.1. The summed E-state index contributed by atoms with van der Waals surface area (Å²) in [6.07, 6.45) is 1.06.